The molecule has 1 atom stereocenters. The molecular weight excluding hydrogens is 246 g/mol. The molecule has 106 valence electrons. The number of ether oxygens (including phenoxy) is 1. The first-order valence-corrected chi connectivity index (χ1v) is 7.21. The van der Waals surface area contributed by atoms with E-state index in [1.165, 1.54) is 16.7 Å². The molecule has 0 bridgehead atoms. The molecule has 1 N–H and O–H groups in total. The van der Waals surface area contributed by atoms with Gasteiger partial charge in [0, 0.05) is 18.2 Å². The molecule has 2 rings (SSSR count). The predicted octanol–water partition coefficient (Wildman–Crippen LogP) is 4.24. The van der Waals surface area contributed by atoms with Gasteiger partial charge in [-0.2, -0.15) is 0 Å². The minimum Gasteiger partial charge on any atom is -0.494 e. The van der Waals surface area contributed by atoms with Crippen molar-refractivity contribution in [3.05, 3.63) is 65.2 Å². The molecule has 0 amide bonds. The van der Waals surface area contributed by atoms with Crippen LogP contribution in [0.1, 0.15) is 36.6 Å². The molecule has 2 nitrogen and oxygen atoms in total. The van der Waals surface area contributed by atoms with E-state index in [0.29, 0.717) is 12.6 Å². The number of para-hydroxylation sites is 1. The van der Waals surface area contributed by atoms with E-state index in [1.807, 2.05) is 19.1 Å². The first-order chi connectivity index (χ1) is 9.70. The Morgan fingerprint density at radius 3 is 2.65 bits per heavy atom. The molecule has 0 aliphatic rings. The van der Waals surface area contributed by atoms with Gasteiger partial charge in [-0.25, -0.2) is 0 Å². The fourth-order valence-electron chi connectivity index (χ4n) is 2.27. The molecule has 0 spiro atoms. The highest BCUT2D eigenvalue weighted by molar-refractivity contribution is 5.33. The predicted molar refractivity (Wildman–Crippen MR) is 84.0 cm³/mol. The zero-order chi connectivity index (χ0) is 14.4. The fourth-order valence-corrected chi connectivity index (χ4v) is 2.27. The quantitative estimate of drug-likeness (QED) is 0.846. The van der Waals surface area contributed by atoms with Crippen molar-refractivity contribution < 1.29 is 4.74 Å². The van der Waals surface area contributed by atoms with Gasteiger partial charge in [-0.05, 0) is 32.4 Å². The number of benzene rings is 2. The average molecular weight is 269 g/mol. The third kappa shape index (κ3) is 3.84. The van der Waals surface area contributed by atoms with Crippen LogP contribution in [-0.4, -0.2) is 6.61 Å². The number of hydrogen-bond donors (Lipinski definition) is 1. The maximum atomic E-state index is 5.65. The average Bonchev–Trinajstić information content (AvgIpc) is 2.46. The summed E-state index contributed by atoms with van der Waals surface area (Å²) in [5.74, 6) is 0.971. The second-order valence-corrected chi connectivity index (χ2v) is 5.06. The third-order valence-electron chi connectivity index (χ3n) is 3.41. The fraction of sp³-hybridized carbons (Fsp3) is 0.333. The monoisotopic (exact) mass is 269 g/mol. The minimum atomic E-state index is 0.324. The van der Waals surface area contributed by atoms with Gasteiger partial charge in [-0.3, -0.25) is 0 Å². The van der Waals surface area contributed by atoms with E-state index in [2.05, 4.69) is 55.6 Å². The van der Waals surface area contributed by atoms with Gasteiger partial charge in [0.2, 0.25) is 0 Å². The first-order valence-electron chi connectivity index (χ1n) is 7.21. The van der Waals surface area contributed by atoms with Crippen LogP contribution in [0.3, 0.4) is 0 Å². The Morgan fingerprint density at radius 2 is 1.90 bits per heavy atom. The van der Waals surface area contributed by atoms with Gasteiger partial charge in [0.25, 0.3) is 0 Å². The van der Waals surface area contributed by atoms with Crippen LogP contribution in [0, 0.1) is 6.92 Å². The highest BCUT2D eigenvalue weighted by Gasteiger charge is 2.07. The van der Waals surface area contributed by atoms with Crippen molar-refractivity contribution in [1.29, 1.82) is 0 Å². The largest absolute Gasteiger partial charge is 0.494 e. The van der Waals surface area contributed by atoms with Crippen LogP contribution in [0.15, 0.2) is 48.5 Å². The van der Waals surface area contributed by atoms with Crippen molar-refractivity contribution in [2.24, 2.45) is 0 Å². The first kappa shape index (κ1) is 14.6. The Labute approximate surface area is 121 Å². The molecule has 0 fully saturated rings. The van der Waals surface area contributed by atoms with Crippen LogP contribution >= 0.6 is 0 Å². The van der Waals surface area contributed by atoms with Crippen LogP contribution in [0.25, 0.3) is 0 Å². The van der Waals surface area contributed by atoms with Gasteiger partial charge in [0.15, 0.2) is 0 Å². The third-order valence-corrected chi connectivity index (χ3v) is 3.41. The van der Waals surface area contributed by atoms with E-state index >= 15 is 0 Å². The molecule has 0 saturated carbocycles. The van der Waals surface area contributed by atoms with Crippen molar-refractivity contribution >= 4 is 0 Å². The lowest BCUT2D eigenvalue weighted by molar-refractivity contribution is 0.335. The smallest absolute Gasteiger partial charge is 0.123 e. The molecule has 0 saturated heterocycles. The normalized spacial score (nSPS) is 12.2. The molecular formula is C18H23NO. The zero-order valence-electron chi connectivity index (χ0n) is 12.5. The van der Waals surface area contributed by atoms with E-state index < -0.39 is 0 Å². The molecule has 2 aromatic rings. The Hall–Kier alpha value is -1.80. The molecule has 0 aliphatic carbocycles. The second kappa shape index (κ2) is 7.11. The number of aryl methyl sites for hydroxylation is 1. The van der Waals surface area contributed by atoms with Crippen LogP contribution in [0.4, 0.5) is 0 Å². The van der Waals surface area contributed by atoms with E-state index in [1.54, 1.807) is 0 Å². The summed E-state index contributed by atoms with van der Waals surface area (Å²) in [4.78, 5) is 0. The summed E-state index contributed by atoms with van der Waals surface area (Å²) >= 11 is 0. The van der Waals surface area contributed by atoms with Crippen molar-refractivity contribution in [2.45, 2.75) is 33.4 Å². The van der Waals surface area contributed by atoms with Gasteiger partial charge in [-0.15, -0.1) is 0 Å². The van der Waals surface area contributed by atoms with E-state index in [0.717, 1.165) is 12.3 Å². The maximum absolute atomic E-state index is 5.65. The second-order valence-electron chi connectivity index (χ2n) is 5.06. The summed E-state index contributed by atoms with van der Waals surface area (Å²) in [5, 5.41) is 3.56. The zero-order valence-corrected chi connectivity index (χ0v) is 12.5. The van der Waals surface area contributed by atoms with Gasteiger partial charge in [-0.1, -0.05) is 48.0 Å². The van der Waals surface area contributed by atoms with Crippen LogP contribution in [0.2, 0.25) is 0 Å². The molecule has 0 unspecified atom stereocenters. The summed E-state index contributed by atoms with van der Waals surface area (Å²) in [6.45, 7) is 7.84. The summed E-state index contributed by atoms with van der Waals surface area (Å²) < 4.78 is 5.65. The topological polar surface area (TPSA) is 21.3 Å². The highest BCUT2D eigenvalue weighted by Crippen LogP contribution is 2.20. The van der Waals surface area contributed by atoms with Crippen molar-refractivity contribution in [3.8, 4) is 5.75 Å². The number of rotatable bonds is 6. The van der Waals surface area contributed by atoms with Crippen LogP contribution in [0.5, 0.6) is 5.75 Å². The molecule has 0 heterocycles. The summed E-state index contributed by atoms with van der Waals surface area (Å²) in [7, 11) is 0. The van der Waals surface area contributed by atoms with Crippen molar-refractivity contribution in [3.63, 3.8) is 0 Å². The van der Waals surface area contributed by atoms with Gasteiger partial charge >= 0.3 is 0 Å². The van der Waals surface area contributed by atoms with Gasteiger partial charge in [0.05, 0.1) is 6.61 Å². The van der Waals surface area contributed by atoms with Crippen molar-refractivity contribution in [1.82, 2.24) is 5.32 Å². The molecule has 0 aromatic heterocycles. The van der Waals surface area contributed by atoms with E-state index in [4.69, 9.17) is 4.74 Å². The summed E-state index contributed by atoms with van der Waals surface area (Å²) in [6.07, 6.45) is 0. The molecule has 20 heavy (non-hydrogen) atoms. The highest BCUT2D eigenvalue weighted by atomic mass is 16.5. The Kier molecular flexibility index (Phi) is 5.19. The van der Waals surface area contributed by atoms with Crippen molar-refractivity contribution in [2.75, 3.05) is 6.61 Å². The number of hydrogen-bond acceptors (Lipinski definition) is 2. The lowest BCUT2D eigenvalue weighted by Gasteiger charge is -2.16. The summed E-state index contributed by atoms with van der Waals surface area (Å²) in [5.41, 5.74) is 3.82. The maximum Gasteiger partial charge on any atom is 0.123 e. The Morgan fingerprint density at radius 1 is 1.10 bits per heavy atom. The molecule has 0 radical (unpaired) electrons. The Balaban J connectivity index is 2.01. The number of nitrogens with one attached hydrogen (secondary N) is 1. The van der Waals surface area contributed by atoms with E-state index in [9.17, 15) is 0 Å². The van der Waals surface area contributed by atoms with Gasteiger partial charge < -0.3 is 10.1 Å². The van der Waals surface area contributed by atoms with Crippen LogP contribution in [-0.2, 0) is 6.54 Å². The van der Waals surface area contributed by atoms with Crippen LogP contribution < -0.4 is 10.1 Å². The summed E-state index contributed by atoms with van der Waals surface area (Å²) in [6, 6.07) is 17.2. The Bertz CT molecular complexity index is 551. The molecule has 2 aromatic carbocycles. The minimum absolute atomic E-state index is 0.324. The lowest BCUT2D eigenvalue weighted by Crippen LogP contribution is -2.18. The molecule has 2 heteroatoms. The standard InChI is InChI=1S/C18H23NO/c1-4-20-18-11-6-5-9-17(18)13-19-15(3)16-10-7-8-14(2)12-16/h5-12,15,19H,4,13H2,1-3H3/t15-/m1/s1. The SMILES string of the molecule is CCOc1ccccc1CN[C@H](C)c1cccc(C)c1. The van der Waals surface area contributed by atoms with Gasteiger partial charge in [0.1, 0.15) is 5.75 Å². The van der Waals surface area contributed by atoms with E-state index in [-0.39, 0.29) is 0 Å². The molecule has 0 aliphatic heterocycles. The lowest BCUT2D eigenvalue weighted by atomic mass is 10.1.